The van der Waals surface area contributed by atoms with Crippen molar-refractivity contribution in [2.24, 2.45) is 0 Å². The summed E-state index contributed by atoms with van der Waals surface area (Å²) in [7, 11) is 0. The third-order valence-electron chi connectivity index (χ3n) is 1.76. The van der Waals surface area contributed by atoms with Crippen molar-refractivity contribution >= 4 is 11.6 Å². The van der Waals surface area contributed by atoms with Crippen LogP contribution in [0.3, 0.4) is 0 Å². The molecule has 0 saturated carbocycles. The summed E-state index contributed by atoms with van der Waals surface area (Å²) in [5.74, 6) is 0.799. The number of rotatable bonds is 1. The van der Waals surface area contributed by atoms with Gasteiger partial charge in [0.25, 0.3) is 0 Å². The summed E-state index contributed by atoms with van der Waals surface area (Å²) in [6.45, 7) is 0.511. The highest BCUT2D eigenvalue weighted by Crippen LogP contribution is 2.32. The van der Waals surface area contributed by atoms with Gasteiger partial charge in [-0.2, -0.15) is 0 Å². The average molecular weight is 171 g/mol. The highest BCUT2D eigenvalue weighted by molar-refractivity contribution is 6.32. The van der Waals surface area contributed by atoms with E-state index >= 15 is 0 Å². The van der Waals surface area contributed by atoms with Gasteiger partial charge in [-0.25, -0.2) is 0 Å². The highest BCUT2D eigenvalue weighted by Gasteiger charge is 2.14. The minimum Gasteiger partial charge on any atom is -0.489 e. The molecule has 0 atom stereocenters. The van der Waals surface area contributed by atoms with Gasteiger partial charge in [0.05, 0.1) is 11.6 Å². The van der Waals surface area contributed by atoms with Crippen LogP contribution in [0.2, 0.25) is 5.02 Å². The lowest BCUT2D eigenvalue weighted by atomic mass is 10.1. The van der Waals surface area contributed by atoms with Crippen molar-refractivity contribution in [1.29, 1.82) is 0 Å². The lowest BCUT2D eigenvalue weighted by molar-refractivity contribution is 0.281. The molecule has 0 aliphatic carbocycles. The second-order valence-corrected chi connectivity index (χ2v) is 2.88. The van der Waals surface area contributed by atoms with Crippen molar-refractivity contribution < 1.29 is 9.84 Å². The van der Waals surface area contributed by atoms with E-state index in [0.717, 1.165) is 16.9 Å². The predicted octanol–water partition coefficient (Wildman–Crippen LogP) is 1.72. The maximum Gasteiger partial charge on any atom is 0.120 e. The topological polar surface area (TPSA) is 29.5 Å². The Labute approximate surface area is 69.4 Å². The Morgan fingerprint density at radius 1 is 1.55 bits per heavy atom. The van der Waals surface area contributed by atoms with Crippen molar-refractivity contribution in [1.82, 2.24) is 0 Å². The van der Waals surface area contributed by atoms with E-state index in [1.54, 1.807) is 6.07 Å². The normalized spacial score (nSPS) is 13.3. The zero-order valence-corrected chi connectivity index (χ0v) is 6.56. The fraction of sp³-hybridized carbons (Fsp3) is 0.250. The van der Waals surface area contributed by atoms with Crippen molar-refractivity contribution in [3.63, 3.8) is 0 Å². The number of benzene rings is 1. The van der Waals surface area contributed by atoms with Crippen molar-refractivity contribution in [2.75, 3.05) is 0 Å². The third kappa shape index (κ3) is 0.988. The Hall–Kier alpha value is -0.730. The van der Waals surface area contributed by atoms with Crippen LogP contribution in [-0.4, -0.2) is 5.11 Å². The molecule has 2 bridgehead atoms. The minimum atomic E-state index is -0.0248. The molecule has 2 nitrogen and oxygen atoms in total. The first-order valence-electron chi connectivity index (χ1n) is 3.36. The number of ether oxygens (including phenoxy) is 1. The molecular formula is C8H7ClO2. The van der Waals surface area contributed by atoms with Gasteiger partial charge in [0, 0.05) is 11.1 Å². The van der Waals surface area contributed by atoms with E-state index in [1.165, 1.54) is 0 Å². The van der Waals surface area contributed by atoms with Crippen LogP contribution in [0, 0.1) is 0 Å². The first-order chi connectivity index (χ1) is 5.31. The van der Waals surface area contributed by atoms with Gasteiger partial charge in [0.15, 0.2) is 0 Å². The van der Waals surface area contributed by atoms with E-state index in [-0.39, 0.29) is 6.61 Å². The van der Waals surface area contributed by atoms with Gasteiger partial charge < -0.3 is 9.84 Å². The van der Waals surface area contributed by atoms with Gasteiger partial charge in [-0.3, -0.25) is 0 Å². The second kappa shape index (κ2) is 2.40. The summed E-state index contributed by atoms with van der Waals surface area (Å²) >= 11 is 5.90. The molecule has 11 heavy (non-hydrogen) atoms. The summed E-state index contributed by atoms with van der Waals surface area (Å²) in [6, 6.07) is 3.65. The van der Waals surface area contributed by atoms with Crippen molar-refractivity contribution in [3.8, 4) is 5.75 Å². The molecule has 0 amide bonds. The highest BCUT2D eigenvalue weighted by atomic mass is 35.5. The number of halogens is 1. The smallest absolute Gasteiger partial charge is 0.120 e. The number of aliphatic hydroxyl groups excluding tert-OH is 1. The fourth-order valence-corrected chi connectivity index (χ4v) is 1.41. The van der Waals surface area contributed by atoms with E-state index in [4.69, 9.17) is 21.4 Å². The molecule has 0 aromatic heterocycles. The molecule has 0 fully saturated rings. The Bertz CT molecular complexity index is 296. The van der Waals surface area contributed by atoms with Gasteiger partial charge in [0.2, 0.25) is 0 Å². The first kappa shape index (κ1) is 6.95. The van der Waals surface area contributed by atoms with Crippen LogP contribution < -0.4 is 4.74 Å². The van der Waals surface area contributed by atoms with Crippen LogP contribution in [0.1, 0.15) is 11.1 Å². The zero-order chi connectivity index (χ0) is 7.84. The lowest BCUT2D eigenvalue weighted by Crippen LogP contribution is -1.86. The molecular weight excluding hydrogens is 164 g/mol. The summed E-state index contributed by atoms with van der Waals surface area (Å²) in [6.07, 6.45) is 0. The summed E-state index contributed by atoms with van der Waals surface area (Å²) in [5.41, 5.74) is 1.71. The fourth-order valence-electron chi connectivity index (χ4n) is 1.18. The van der Waals surface area contributed by atoms with E-state index in [0.29, 0.717) is 11.6 Å². The van der Waals surface area contributed by atoms with Crippen molar-refractivity contribution in [2.45, 2.75) is 13.2 Å². The molecule has 0 saturated heterocycles. The van der Waals surface area contributed by atoms with Crippen LogP contribution >= 0.6 is 11.6 Å². The Morgan fingerprint density at radius 3 is 3.09 bits per heavy atom. The standard InChI is InChI=1S/C8H7ClO2/c9-8-5(3-10)1-7-2-6(8)4-11-7/h1-2,10H,3-4H2. The third-order valence-corrected chi connectivity index (χ3v) is 2.25. The second-order valence-electron chi connectivity index (χ2n) is 2.50. The molecule has 1 heterocycles. The summed E-state index contributed by atoms with van der Waals surface area (Å²) < 4.78 is 5.21. The van der Waals surface area contributed by atoms with Gasteiger partial charge in [0.1, 0.15) is 12.4 Å². The number of aliphatic hydroxyl groups is 1. The number of hydrogen-bond donors (Lipinski definition) is 1. The van der Waals surface area contributed by atoms with Crippen LogP contribution in [0.15, 0.2) is 12.1 Å². The number of hydrogen-bond acceptors (Lipinski definition) is 2. The van der Waals surface area contributed by atoms with Crippen molar-refractivity contribution in [3.05, 3.63) is 28.3 Å². The molecule has 1 aromatic carbocycles. The Kier molecular flexibility index (Phi) is 1.51. The van der Waals surface area contributed by atoms with Gasteiger partial charge in [-0.1, -0.05) is 11.6 Å². The Balaban J connectivity index is 2.58. The molecule has 2 rings (SSSR count). The molecule has 1 aliphatic rings. The Morgan fingerprint density at radius 2 is 2.36 bits per heavy atom. The molecule has 1 aromatic rings. The van der Waals surface area contributed by atoms with E-state index in [2.05, 4.69) is 0 Å². The first-order valence-corrected chi connectivity index (χ1v) is 3.74. The molecule has 1 aliphatic heterocycles. The molecule has 58 valence electrons. The summed E-state index contributed by atoms with van der Waals surface area (Å²) in [4.78, 5) is 0. The van der Waals surface area contributed by atoms with E-state index < -0.39 is 0 Å². The monoisotopic (exact) mass is 170 g/mol. The quantitative estimate of drug-likeness (QED) is 0.696. The van der Waals surface area contributed by atoms with Gasteiger partial charge in [-0.15, -0.1) is 0 Å². The van der Waals surface area contributed by atoms with Crippen LogP contribution in [0.4, 0.5) is 0 Å². The maximum atomic E-state index is 8.86. The SMILES string of the molecule is OCc1cc2cc(c1Cl)CO2. The summed E-state index contributed by atoms with van der Waals surface area (Å²) in [5, 5.41) is 9.49. The van der Waals surface area contributed by atoms with E-state index in [9.17, 15) is 0 Å². The maximum absolute atomic E-state index is 8.86. The molecule has 0 spiro atoms. The van der Waals surface area contributed by atoms with Gasteiger partial charge in [-0.05, 0) is 12.1 Å². The largest absolute Gasteiger partial charge is 0.489 e. The average Bonchev–Trinajstić information content (AvgIpc) is 2.42. The van der Waals surface area contributed by atoms with Gasteiger partial charge >= 0.3 is 0 Å². The number of fused-ring (bicyclic) bond motifs is 2. The molecule has 0 radical (unpaired) electrons. The van der Waals surface area contributed by atoms with Crippen LogP contribution in [0.25, 0.3) is 0 Å². The molecule has 0 unspecified atom stereocenters. The van der Waals surface area contributed by atoms with Crippen LogP contribution in [-0.2, 0) is 13.2 Å². The molecule has 3 heteroatoms. The predicted molar refractivity (Wildman–Crippen MR) is 41.7 cm³/mol. The zero-order valence-electron chi connectivity index (χ0n) is 5.80. The van der Waals surface area contributed by atoms with E-state index in [1.807, 2.05) is 6.07 Å². The lowest BCUT2D eigenvalue weighted by Gasteiger charge is -1.98. The minimum absolute atomic E-state index is 0.0248. The molecule has 1 N–H and O–H groups in total. The van der Waals surface area contributed by atoms with Crippen LogP contribution in [0.5, 0.6) is 5.75 Å².